The number of ketones is 1. The Balaban J connectivity index is 2.48. The van der Waals surface area contributed by atoms with E-state index < -0.39 is 29.0 Å². The molecule has 102 valence electrons. The molecule has 0 saturated carbocycles. The molecule has 1 atom stereocenters. The molecule has 0 saturated heterocycles. The van der Waals surface area contributed by atoms with Crippen LogP contribution in [0.3, 0.4) is 0 Å². The summed E-state index contributed by atoms with van der Waals surface area (Å²) in [5, 5.41) is 8.51. The number of halogens is 2. The van der Waals surface area contributed by atoms with Crippen LogP contribution in [0.5, 0.6) is 0 Å². The SMILES string of the molecule is O=C(O)CC(Br)C(=O)C(=O)OCc1ccc(Br)cc1. The second kappa shape index (κ2) is 7.40. The molecule has 0 heterocycles. The van der Waals surface area contributed by atoms with Gasteiger partial charge in [-0.1, -0.05) is 44.0 Å². The first kappa shape index (κ1) is 15.8. The second-order valence-corrected chi connectivity index (χ2v) is 5.65. The van der Waals surface area contributed by atoms with Gasteiger partial charge < -0.3 is 9.84 Å². The Labute approximate surface area is 126 Å². The Bertz CT molecular complexity index is 483. The molecule has 19 heavy (non-hydrogen) atoms. The van der Waals surface area contributed by atoms with Crippen molar-refractivity contribution in [3.8, 4) is 0 Å². The predicted molar refractivity (Wildman–Crippen MR) is 73.9 cm³/mol. The zero-order valence-electron chi connectivity index (χ0n) is 9.64. The summed E-state index contributed by atoms with van der Waals surface area (Å²) in [4.78, 5) is 32.2. The molecule has 1 aromatic carbocycles. The lowest BCUT2D eigenvalue weighted by Gasteiger charge is -2.07. The molecule has 0 radical (unpaired) electrons. The van der Waals surface area contributed by atoms with E-state index in [9.17, 15) is 14.4 Å². The monoisotopic (exact) mass is 392 g/mol. The van der Waals surface area contributed by atoms with E-state index in [0.717, 1.165) is 10.0 Å². The summed E-state index contributed by atoms with van der Waals surface area (Å²) in [5.41, 5.74) is 0.730. The third kappa shape index (κ3) is 5.52. The van der Waals surface area contributed by atoms with Crippen molar-refractivity contribution < 1.29 is 24.2 Å². The number of carbonyl (C=O) groups is 3. The molecule has 0 aliphatic rings. The molecule has 0 fully saturated rings. The van der Waals surface area contributed by atoms with Crippen LogP contribution in [0.2, 0.25) is 0 Å². The molecule has 0 aromatic heterocycles. The van der Waals surface area contributed by atoms with Crippen LogP contribution in [0, 0.1) is 0 Å². The highest BCUT2D eigenvalue weighted by atomic mass is 79.9. The number of hydrogen-bond donors (Lipinski definition) is 1. The van der Waals surface area contributed by atoms with Crippen molar-refractivity contribution in [1.29, 1.82) is 0 Å². The third-order valence-electron chi connectivity index (χ3n) is 2.12. The van der Waals surface area contributed by atoms with E-state index in [-0.39, 0.29) is 6.61 Å². The molecule has 1 rings (SSSR count). The summed E-state index contributed by atoms with van der Waals surface area (Å²) in [7, 11) is 0. The van der Waals surface area contributed by atoms with Gasteiger partial charge in [0.25, 0.3) is 5.78 Å². The van der Waals surface area contributed by atoms with Crippen molar-refractivity contribution in [1.82, 2.24) is 0 Å². The van der Waals surface area contributed by atoms with Gasteiger partial charge in [0.05, 0.1) is 11.2 Å². The second-order valence-electron chi connectivity index (χ2n) is 3.63. The van der Waals surface area contributed by atoms with Crippen LogP contribution < -0.4 is 0 Å². The highest BCUT2D eigenvalue weighted by Crippen LogP contribution is 2.12. The molecular weight excluding hydrogens is 384 g/mol. The van der Waals surface area contributed by atoms with E-state index in [4.69, 9.17) is 9.84 Å². The number of rotatable bonds is 6. The maximum atomic E-state index is 11.5. The topological polar surface area (TPSA) is 80.7 Å². The molecule has 0 bridgehead atoms. The number of alkyl halides is 1. The fraction of sp³-hybridized carbons (Fsp3) is 0.250. The molecule has 0 aliphatic heterocycles. The van der Waals surface area contributed by atoms with Crippen LogP contribution in [-0.4, -0.2) is 27.7 Å². The molecule has 1 aromatic rings. The number of hydrogen-bond acceptors (Lipinski definition) is 4. The minimum Gasteiger partial charge on any atom is -0.481 e. The van der Waals surface area contributed by atoms with Gasteiger partial charge in [-0.25, -0.2) is 4.79 Å². The quantitative estimate of drug-likeness (QED) is 0.455. The van der Waals surface area contributed by atoms with Gasteiger partial charge in [-0.15, -0.1) is 0 Å². The number of benzene rings is 1. The summed E-state index contributed by atoms with van der Waals surface area (Å²) >= 11 is 6.11. The number of esters is 1. The van der Waals surface area contributed by atoms with Crippen LogP contribution in [0.15, 0.2) is 28.7 Å². The first-order valence-electron chi connectivity index (χ1n) is 5.21. The fourth-order valence-electron chi connectivity index (χ4n) is 1.17. The van der Waals surface area contributed by atoms with Gasteiger partial charge in [0.1, 0.15) is 6.61 Å². The van der Waals surface area contributed by atoms with Crippen molar-refractivity contribution in [3.63, 3.8) is 0 Å². The third-order valence-corrected chi connectivity index (χ3v) is 3.39. The van der Waals surface area contributed by atoms with E-state index in [2.05, 4.69) is 31.9 Å². The maximum Gasteiger partial charge on any atom is 0.376 e. The molecule has 5 nitrogen and oxygen atoms in total. The lowest BCUT2D eigenvalue weighted by Crippen LogP contribution is -2.27. The standard InChI is InChI=1S/C12H10Br2O5/c13-8-3-1-7(2-4-8)6-19-12(18)11(17)9(14)5-10(15)16/h1-4,9H,5-6H2,(H,15,16). The number of carboxylic acid groups (broad SMARTS) is 1. The zero-order chi connectivity index (χ0) is 14.4. The Morgan fingerprint density at radius 2 is 1.79 bits per heavy atom. The summed E-state index contributed by atoms with van der Waals surface area (Å²) < 4.78 is 5.70. The van der Waals surface area contributed by atoms with Crippen LogP contribution in [0.1, 0.15) is 12.0 Å². The van der Waals surface area contributed by atoms with Gasteiger partial charge in [0.2, 0.25) is 0 Å². The smallest absolute Gasteiger partial charge is 0.376 e. The first-order valence-corrected chi connectivity index (χ1v) is 6.92. The minimum absolute atomic E-state index is 0.0371. The minimum atomic E-state index is -1.17. The van der Waals surface area contributed by atoms with Gasteiger partial charge in [0, 0.05) is 4.47 Å². The maximum absolute atomic E-state index is 11.5. The van der Waals surface area contributed by atoms with Crippen molar-refractivity contribution in [2.24, 2.45) is 0 Å². The van der Waals surface area contributed by atoms with E-state index in [0.29, 0.717) is 0 Å². The molecule has 1 unspecified atom stereocenters. The van der Waals surface area contributed by atoms with E-state index in [1.165, 1.54) is 0 Å². The van der Waals surface area contributed by atoms with Crippen LogP contribution in [0.4, 0.5) is 0 Å². The Hall–Kier alpha value is -1.21. The van der Waals surface area contributed by atoms with Gasteiger partial charge in [-0.05, 0) is 17.7 Å². The normalized spacial score (nSPS) is 11.7. The van der Waals surface area contributed by atoms with Gasteiger partial charge >= 0.3 is 11.9 Å². The van der Waals surface area contributed by atoms with Crippen LogP contribution >= 0.6 is 31.9 Å². The zero-order valence-corrected chi connectivity index (χ0v) is 12.8. The lowest BCUT2D eigenvalue weighted by molar-refractivity contribution is -0.155. The van der Waals surface area contributed by atoms with Crippen molar-refractivity contribution in [2.75, 3.05) is 0 Å². The van der Waals surface area contributed by atoms with Gasteiger partial charge in [0.15, 0.2) is 0 Å². The summed E-state index contributed by atoms with van der Waals surface area (Å²) in [6.07, 6.45) is -0.466. The molecular formula is C12H10Br2O5. The first-order chi connectivity index (χ1) is 8.90. The van der Waals surface area contributed by atoms with E-state index >= 15 is 0 Å². The van der Waals surface area contributed by atoms with Gasteiger partial charge in [-0.3, -0.25) is 9.59 Å². The van der Waals surface area contributed by atoms with Crippen molar-refractivity contribution >= 4 is 49.6 Å². The van der Waals surface area contributed by atoms with Crippen molar-refractivity contribution in [3.05, 3.63) is 34.3 Å². The molecule has 0 spiro atoms. The van der Waals surface area contributed by atoms with E-state index in [1.807, 2.05) is 0 Å². The summed E-state index contributed by atoms with van der Waals surface area (Å²) in [6, 6.07) is 7.04. The highest BCUT2D eigenvalue weighted by Gasteiger charge is 2.26. The van der Waals surface area contributed by atoms with E-state index in [1.54, 1.807) is 24.3 Å². The van der Waals surface area contributed by atoms with Crippen LogP contribution in [-0.2, 0) is 25.7 Å². The van der Waals surface area contributed by atoms with Crippen molar-refractivity contribution in [2.45, 2.75) is 17.9 Å². The lowest BCUT2D eigenvalue weighted by atomic mass is 10.2. The summed E-state index contributed by atoms with van der Waals surface area (Å²) in [5.74, 6) is -3.12. The Kier molecular flexibility index (Phi) is 6.17. The largest absolute Gasteiger partial charge is 0.481 e. The molecule has 7 heteroatoms. The molecule has 0 amide bonds. The number of carboxylic acids is 1. The number of aliphatic carboxylic acids is 1. The predicted octanol–water partition coefficient (Wildman–Crippen LogP) is 2.30. The molecule has 1 N–H and O–H groups in total. The average molecular weight is 394 g/mol. The molecule has 0 aliphatic carbocycles. The fourth-order valence-corrected chi connectivity index (χ4v) is 1.90. The number of carbonyl (C=O) groups excluding carboxylic acids is 2. The number of Topliss-reactive ketones (excluding diaryl/α,β-unsaturated/α-hetero) is 1. The Morgan fingerprint density at radius 1 is 1.21 bits per heavy atom. The van der Waals surface area contributed by atoms with Crippen LogP contribution in [0.25, 0.3) is 0 Å². The Morgan fingerprint density at radius 3 is 2.32 bits per heavy atom. The highest BCUT2D eigenvalue weighted by molar-refractivity contribution is 9.10. The summed E-state index contributed by atoms with van der Waals surface area (Å²) in [6.45, 7) is -0.0371. The average Bonchev–Trinajstić information content (AvgIpc) is 2.36. The van der Waals surface area contributed by atoms with Gasteiger partial charge in [-0.2, -0.15) is 0 Å². The number of ether oxygens (including phenoxy) is 1.